The van der Waals surface area contributed by atoms with Crippen LogP contribution in [0.5, 0.6) is 0 Å². The van der Waals surface area contributed by atoms with E-state index in [1.165, 1.54) is 30.3 Å². The molecule has 0 atom stereocenters. The lowest BCUT2D eigenvalue weighted by Crippen LogP contribution is -2.02. The van der Waals surface area contributed by atoms with Gasteiger partial charge in [0, 0.05) is 0 Å². The Morgan fingerprint density at radius 3 is 2.43 bits per heavy atom. The Bertz CT molecular complexity index is 958. The molecular weight excluding hydrogens is 294 g/mol. The van der Waals surface area contributed by atoms with Crippen LogP contribution in [-0.4, -0.2) is 24.8 Å². The van der Waals surface area contributed by atoms with Gasteiger partial charge in [-0.25, -0.2) is 17.8 Å². The molecule has 0 spiro atoms. The van der Waals surface area contributed by atoms with E-state index in [1.807, 2.05) is 0 Å². The van der Waals surface area contributed by atoms with Crippen LogP contribution in [0.3, 0.4) is 0 Å². The second-order valence-corrected chi connectivity index (χ2v) is 5.98. The zero-order valence-corrected chi connectivity index (χ0v) is 11.2. The molecule has 0 aliphatic heterocycles. The van der Waals surface area contributed by atoms with Crippen LogP contribution < -0.4 is 0 Å². The van der Waals surface area contributed by atoms with Gasteiger partial charge in [0.2, 0.25) is 15.9 Å². The van der Waals surface area contributed by atoms with Gasteiger partial charge in [0.25, 0.3) is 0 Å². The number of carbonyl (C=O) groups excluding carboxylic acids is 1. The van der Waals surface area contributed by atoms with E-state index in [1.54, 1.807) is 18.2 Å². The molecule has 3 rings (SSSR count). The van der Waals surface area contributed by atoms with E-state index in [4.69, 9.17) is 0 Å². The van der Waals surface area contributed by atoms with Crippen LogP contribution in [0, 0.1) is 0 Å². The average Bonchev–Trinajstić information content (AvgIpc) is 2.98. The van der Waals surface area contributed by atoms with Gasteiger partial charge in [-0.15, -0.1) is 0 Å². The van der Waals surface area contributed by atoms with Crippen molar-refractivity contribution in [3.63, 3.8) is 0 Å². The molecule has 0 unspecified atom stereocenters. The summed E-state index contributed by atoms with van der Waals surface area (Å²) in [5.74, 6) is 0. The molecule has 8 heteroatoms. The Labute approximate surface area is 118 Å². The fraction of sp³-hybridized carbons (Fsp3) is 0. The number of hydrogen-bond donors (Lipinski definition) is 0. The highest BCUT2D eigenvalue weighted by Crippen LogP contribution is 2.31. The summed E-state index contributed by atoms with van der Waals surface area (Å²) in [6.07, 6.45) is 1.37. The van der Waals surface area contributed by atoms with Gasteiger partial charge in [0.1, 0.15) is 10.6 Å². The molecule has 1 aromatic heterocycles. The molecule has 0 bridgehead atoms. The van der Waals surface area contributed by atoms with Crippen molar-refractivity contribution >= 4 is 32.6 Å². The molecule has 3 aromatic rings. The molecule has 7 nitrogen and oxygen atoms in total. The second-order valence-electron chi connectivity index (χ2n) is 4.06. The monoisotopic (exact) mass is 301 g/mol. The topological polar surface area (TPSA) is 102 Å². The number of aromatic nitrogens is 2. The minimum Gasteiger partial charge on any atom is -0.243 e. The van der Waals surface area contributed by atoms with E-state index >= 15 is 0 Å². The highest BCUT2D eigenvalue weighted by atomic mass is 32.2. The Morgan fingerprint density at radius 1 is 1.00 bits per heavy atom. The van der Waals surface area contributed by atoms with E-state index in [9.17, 15) is 13.2 Å². The average molecular weight is 301 g/mol. The molecule has 0 N–H and O–H groups in total. The first-order valence-corrected chi connectivity index (χ1v) is 7.26. The maximum atomic E-state index is 12.6. The maximum absolute atomic E-state index is 12.6. The Morgan fingerprint density at radius 2 is 1.71 bits per heavy atom. The third kappa shape index (κ3) is 2.12. The quantitative estimate of drug-likeness (QED) is 0.541. The predicted molar refractivity (Wildman–Crippen MR) is 71.5 cm³/mol. The maximum Gasteiger partial charge on any atom is 0.240 e. The van der Waals surface area contributed by atoms with Gasteiger partial charge in [-0.2, -0.15) is 4.99 Å². The third-order valence-corrected chi connectivity index (χ3v) is 4.67. The summed E-state index contributed by atoms with van der Waals surface area (Å²) in [6, 6.07) is 10.6. The number of aliphatic imine (C=N–C) groups is 1. The summed E-state index contributed by atoms with van der Waals surface area (Å²) in [5.41, 5.74) is 0.263. The minimum absolute atomic E-state index is 0.0235. The summed E-state index contributed by atoms with van der Waals surface area (Å²) >= 11 is 0. The van der Waals surface area contributed by atoms with E-state index in [0.717, 1.165) is 0 Å². The van der Waals surface area contributed by atoms with Crippen LogP contribution in [-0.2, 0) is 14.6 Å². The van der Waals surface area contributed by atoms with E-state index in [-0.39, 0.29) is 26.5 Å². The van der Waals surface area contributed by atoms with E-state index in [0.29, 0.717) is 0 Å². The largest absolute Gasteiger partial charge is 0.243 e. The number of nitrogens with zero attached hydrogens (tertiary/aromatic N) is 3. The van der Waals surface area contributed by atoms with Crippen LogP contribution in [0.2, 0.25) is 0 Å². The second kappa shape index (κ2) is 4.93. The van der Waals surface area contributed by atoms with Gasteiger partial charge in [-0.3, -0.25) is 0 Å². The Kier molecular flexibility index (Phi) is 3.09. The zero-order valence-electron chi connectivity index (χ0n) is 10.4. The summed E-state index contributed by atoms with van der Waals surface area (Å²) in [6.45, 7) is 0. The molecule has 21 heavy (non-hydrogen) atoms. The van der Waals surface area contributed by atoms with Crippen molar-refractivity contribution in [1.29, 1.82) is 0 Å². The van der Waals surface area contributed by atoms with Gasteiger partial charge in [-0.05, 0) is 34.6 Å². The Hall–Kier alpha value is -2.83. The van der Waals surface area contributed by atoms with Crippen molar-refractivity contribution < 1.29 is 17.8 Å². The molecule has 1 heterocycles. The molecule has 0 saturated heterocycles. The molecule has 0 aliphatic rings. The highest BCUT2D eigenvalue weighted by molar-refractivity contribution is 7.91. The Balaban J connectivity index is 2.30. The van der Waals surface area contributed by atoms with Crippen LogP contribution in [0.25, 0.3) is 11.0 Å². The first-order chi connectivity index (χ1) is 10.1. The molecule has 2 aromatic carbocycles. The standard InChI is InChI=1S/C13H7N3O4S/c17-8-14-10-6-7-11(13-12(10)15-20-16-13)21(18,19)9-4-2-1-3-5-9/h1-7H. The number of isocyanates is 1. The van der Waals surface area contributed by atoms with Crippen molar-refractivity contribution in [1.82, 2.24) is 10.3 Å². The van der Waals surface area contributed by atoms with Gasteiger partial charge >= 0.3 is 0 Å². The predicted octanol–water partition coefficient (Wildman–Crippen LogP) is 2.02. The highest BCUT2D eigenvalue weighted by Gasteiger charge is 2.24. The lowest BCUT2D eigenvalue weighted by atomic mass is 10.3. The van der Waals surface area contributed by atoms with Crippen molar-refractivity contribution in [2.24, 2.45) is 4.99 Å². The van der Waals surface area contributed by atoms with Crippen LogP contribution in [0.15, 0.2) is 61.9 Å². The zero-order chi connectivity index (χ0) is 14.9. The van der Waals surface area contributed by atoms with Crippen molar-refractivity contribution in [3.8, 4) is 0 Å². The minimum atomic E-state index is -3.77. The van der Waals surface area contributed by atoms with Gasteiger partial charge in [0.15, 0.2) is 11.0 Å². The SMILES string of the molecule is O=C=Nc1ccc(S(=O)(=O)c2ccccc2)c2nonc12. The fourth-order valence-corrected chi connectivity index (χ4v) is 3.32. The molecule has 104 valence electrons. The summed E-state index contributed by atoms with van der Waals surface area (Å²) in [7, 11) is -3.77. The lowest BCUT2D eigenvalue weighted by molar-refractivity contribution is 0.315. The molecule has 0 saturated carbocycles. The molecular formula is C13H7N3O4S. The van der Waals surface area contributed by atoms with Crippen LogP contribution in [0.1, 0.15) is 0 Å². The summed E-state index contributed by atoms with van der Waals surface area (Å²) < 4.78 is 29.8. The normalized spacial score (nSPS) is 11.2. The number of hydrogen-bond acceptors (Lipinski definition) is 7. The molecule has 0 radical (unpaired) electrons. The van der Waals surface area contributed by atoms with Crippen LogP contribution >= 0.6 is 0 Å². The third-order valence-electron chi connectivity index (χ3n) is 2.87. The van der Waals surface area contributed by atoms with Gasteiger partial charge in [-0.1, -0.05) is 18.2 Å². The van der Waals surface area contributed by atoms with E-state index in [2.05, 4.69) is 19.9 Å². The lowest BCUT2D eigenvalue weighted by Gasteiger charge is -2.04. The smallest absolute Gasteiger partial charge is 0.240 e. The van der Waals surface area contributed by atoms with Gasteiger partial charge in [0.05, 0.1) is 4.90 Å². The first kappa shape index (κ1) is 13.2. The fourth-order valence-electron chi connectivity index (χ4n) is 1.91. The number of benzene rings is 2. The first-order valence-electron chi connectivity index (χ1n) is 5.78. The molecule has 0 amide bonds. The molecule has 0 aliphatic carbocycles. The van der Waals surface area contributed by atoms with Crippen LogP contribution in [0.4, 0.5) is 5.69 Å². The van der Waals surface area contributed by atoms with Crippen molar-refractivity contribution in [3.05, 3.63) is 42.5 Å². The van der Waals surface area contributed by atoms with Crippen molar-refractivity contribution in [2.45, 2.75) is 9.79 Å². The summed E-state index contributed by atoms with van der Waals surface area (Å²) in [5, 5.41) is 7.18. The summed E-state index contributed by atoms with van der Waals surface area (Å²) in [4.78, 5) is 13.9. The van der Waals surface area contributed by atoms with Gasteiger partial charge < -0.3 is 0 Å². The number of rotatable bonds is 3. The van der Waals surface area contributed by atoms with E-state index < -0.39 is 9.84 Å². The molecule has 0 fully saturated rings. The van der Waals surface area contributed by atoms with Crippen molar-refractivity contribution in [2.75, 3.05) is 0 Å². The number of fused-ring (bicyclic) bond motifs is 1. The number of sulfone groups is 1.